The average Bonchev–Trinajstić information content (AvgIpc) is 2.65. The predicted octanol–water partition coefficient (Wildman–Crippen LogP) is 1.77. The Hall–Kier alpha value is -1.78. The second-order valence-corrected chi connectivity index (χ2v) is 3.63. The zero-order valence-corrected chi connectivity index (χ0v) is 9.66. The van der Waals surface area contributed by atoms with Crippen LogP contribution in [0.3, 0.4) is 0 Å². The third-order valence-electron chi connectivity index (χ3n) is 2.12. The second-order valence-electron chi connectivity index (χ2n) is 3.63. The zero-order chi connectivity index (χ0) is 12.1. The van der Waals surface area contributed by atoms with Gasteiger partial charge in [-0.3, -0.25) is 14.9 Å². The van der Waals surface area contributed by atoms with E-state index in [2.05, 4.69) is 10.6 Å². The van der Waals surface area contributed by atoms with Gasteiger partial charge in [-0.1, -0.05) is 6.92 Å². The molecular formula is C11H16N2O3. The van der Waals surface area contributed by atoms with E-state index in [1.165, 1.54) is 13.0 Å². The molecule has 1 aromatic rings. The minimum absolute atomic E-state index is 0.0989. The smallest absolute Gasteiger partial charge is 0.287 e. The van der Waals surface area contributed by atoms with Gasteiger partial charge < -0.3 is 9.73 Å². The standard InChI is InChI=1S/C11H16N2O3/c1-4-7(2)12-11(15)9-5-6-10(16-9)13-8(3)14/h5-7H,4H2,1-3H3,(H,12,15)(H,13,14). The van der Waals surface area contributed by atoms with Crippen LogP contribution in [0.2, 0.25) is 0 Å². The molecule has 0 saturated heterocycles. The lowest BCUT2D eigenvalue weighted by Gasteiger charge is -2.09. The average molecular weight is 224 g/mol. The van der Waals surface area contributed by atoms with Crippen LogP contribution in [0.15, 0.2) is 16.5 Å². The van der Waals surface area contributed by atoms with Crippen LogP contribution >= 0.6 is 0 Å². The Kier molecular flexibility index (Phi) is 4.10. The Bertz CT molecular complexity index is 384. The molecule has 2 N–H and O–H groups in total. The van der Waals surface area contributed by atoms with Gasteiger partial charge in [-0.15, -0.1) is 0 Å². The van der Waals surface area contributed by atoms with Gasteiger partial charge >= 0.3 is 0 Å². The molecule has 0 bridgehead atoms. The van der Waals surface area contributed by atoms with Crippen molar-refractivity contribution < 1.29 is 14.0 Å². The van der Waals surface area contributed by atoms with Crippen LogP contribution in [-0.2, 0) is 4.79 Å². The third-order valence-corrected chi connectivity index (χ3v) is 2.12. The Balaban J connectivity index is 2.63. The van der Waals surface area contributed by atoms with Crippen molar-refractivity contribution in [2.45, 2.75) is 33.2 Å². The van der Waals surface area contributed by atoms with Gasteiger partial charge in [0.2, 0.25) is 5.91 Å². The van der Waals surface area contributed by atoms with Gasteiger partial charge in [-0.25, -0.2) is 0 Å². The minimum atomic E-state index is -0.272. The summed E-state index contributed by atoms with van der Waals surface area (Å²) in [6.07, 6.45) is 0.852. The number of carbonyl (C=O) groups is 2. The van der Waals surface area contributed by atoms with Gasteiger partial charge in [0.15, 0.2) is 11.6 Å². The highest BCUT2D eigenvalue weighted by molar-refractivity contribution is 5.93. The molecule has 0 fully saturated rings. The topological polar surface area (TPSA) is 71.3 Å². The van der Waals surface area contributed by atoms with E-state index in [0.717, 1.165) is 6.42 Å². The summed E-state index contributed by atoms with van der Waals surface area (Å²) in [4.78, 5) is 22.3. The Labute approximate surface area is 94.2 Å². The molecular weight excluding hydrogens is 208 g/mol. The molecule has 0 radical (unpaired) electrons. The summed E-state index contributed by atoms with van der Waals surface area (Å²) in [5, 5.41) is 5.23. The lowest BCUT2D eigenvalue weighted by Crippen LogP contribution is -2.31. The van der Waals surface area contributed by atoms with E-state index in [-0.39, 0.29) is 29.5 Å². The number of furan rings is 1. The maximum Gasteiger partial charge on any atom is 0.287 e. The van der Waals surface area contributed by atoms with E-state index in [4.69, 9.17) is 4.42 Å². The number of hydrogen-bond donors (Lipinski definition) is 2. The van der Waals surface area contributed by atoms with Crippen molar-refractivity contribution in [3.63, 3.8) is 0 Å². The molecule has 2 amide bonds. The van der Waals surface area contributed by atoms with Crippen LogP contribution in [0.1, 0.15) is 37.7 Å². The molecule has 0 aliphatic heterocycles. The summed E-state index contributed by atoms with van der Waals surface area (Å²) in [5.41, 5.74) is 0. The highest BCUT2D eigenvalue weighted by atomic mass is 16.4. The molecule has 5 nitrogen and oxygen atoms in total. The fourth-order valence-electron chi connectivity index (χ4n) is 1.10. The van der Waals surface area contributed by atoms with Crippen LogP contribution in [0.4, 0.5) is 5.88 Å². The van der Waals surface area contributed by atoms with Crippen molar-refractivity contribution >= 4 is 17.7 Å². The van der Waals surface area contributed by atoms with Gasteiger partial charge in [-0.2, -0.15) is 0 Å². The number of rotatable bonds is 4. The van der Waals surface area contributed by atoms with Gasteiger partial charge in [-0.05, 0) is 19.4 Å². The fourth-order valence-corrected chi connectivity index (χ4v) is 1.10. The zero-order valence-electron chi connectivity index (χ0n) is 9.66. The van der Waals surface area contributed by atoms with Gasteiger partial charge in [0.05, 0.1) is 0 Å². The predicted molar refractivity (Wildman–Crippen MR) is 60.2 cm³/mol. The van der Waals surface area contributed by atoms with E-state index in [1.807, 2.05) is 13.8 Å². The first-order valence-electron chi connectivity index (χ1n) is 5.21. The first kappa shape index (κ1) is 12.3. The van der Waals surface area contributed by atoms with Gasteiger partial charge in [0.1, 0.15) is 0 Å². The van der Waals surface area contributed by atoms with E-state index in [9.17, 15) is 9.59 Å². The van der Waals surface area contributed by atoms with Crippen molar-refractivity contribution in [1.82, 2.24) is 5.32 Å². The quantitative estimate of drug-likeness (QED) is 0.818. The van der Waals surface area contributed by atoms with Gasteiger partial charge in [0.25, 0.3) is 5.91 Å². The van der Waals surface area contributed by atoms with E-state index < -0.39 is 0 Å². The summed E-state index contributed by atoms with van der Waals surface area (Å²) < 4.78 is 5.16. The normalized spacial score (nSPS) is 11.9. The number of hydrogen-bond acceptors (Lipinski definition) is 3. The van der Waals surface area contributed by atoms with Crippen LogP contribution in [-0.4, -0.2) is 17.9 Å². The molecule has 0 saturated carbocycles. The van der Waals surface area contributed by atoms with Crippen molar-refractivity contribution in [3.8, 4) is 0 Å². The Morgan fingerprint density at radius 2 is 2.12 bits per heavy atom. The molecule has 5 heteroatoms. The molecule has 0 aliphatic carbocycles. The molecule has 1 atom stereocenters. The summed E-state index contributed by atoms with van der Waals surface area (Å²) in [6, 6.07) is 3.18. The van der Waals surface area contributed by atoms with Crippen LogP contribution in [0.5, 0.6) is 0 Å². The molecule has 0 spiro atoms. The summed E-state index contributed by atoms with van der Waals surface area (Å²) in [5.74, 6) is -0.0277. The van der Waals surface area contributed by atoms with Crippen LogP contribution in [0, 0.1) is 0 Å². The largest absolute Gasteiger partial charge is 0.435 e. The number of anilines is 1. The first-order valence-corrected chi connectivity index (χ1v) is 5.21. The molecule has 1 unspecified atom stereocenters. The summed E-state index contributed by atoms with van der Waals surface area (Å²) >= 11 is 0. The Morgan fingerprint density at radius 1 is 1.44 bits per heavy atom. The minimum Gasteiger partial charge on any atom is -0.435 e. The molecule has 16 heavy (non-hydrogen) atoms. The lowest BCUT2D eigenvalue weighted by atomic mass is 10.2. The lowest BCUT2D eigenvalue weighted by molar-refractivity contribution is -0.114. The number of carbonyl (C=O) groups excluding carboxylic acids is 2. The van der Waals surface area contributed by atoms with E-state index >= 15 is 0 Å². The molecule has 1 aromatic heterocycles. The van der Waals surface area contributed by atoms with E-state index in [1.54, 1.807) is 6.07 Å². The van der Waals surface area contributed by atoms with Crippen molar-refractivity contribution in [2.24, 2.45) is 0 Å². The molecule has 88 valence electrons. The summed E-state index contributed by atoms with van der Waals surface area (Å²) in [7, 11) is 0. The van der Waals surface area contributed by atoms with Gasteiger partial charge in [0, 0.05) is 19.0 Å². The maximum absolute atomic E-state index is 11.6. The number of nitrogens with one attached hydrogen (secondary N) is 2. The monoisotopic (exact) mass is 224 g/mol. The molecule has 1 heterocycles. The van der Waals surface area contributed by atoms with Crippen molar-refractivity contribution in [3.05, 3.63) is 17.9 Å². The molecule has 0 aromatic carbocycles. The second kappa shape index (κ2) is 5.34. The highest BCUT2D eigenvalue weighted by Crippen LogP contribution is 2.13. The van der Waals surface area contributed by atoms with Crippen LogP contribution < -0.4 is 10.6 Å². The van der Waals surface area contributed by atoms with Crippen LogP contribution in [0.25, 0.3) is 0 Å². The summed E-state index contributed by atoms with van der Waals surface area (Å²) in [6.45, 7) is 5.27. The third kappa shape index (κ3) is 3.42. The molecule has 0 aliphatic rings. The SMILES string of the molecule is CCC(C)NC(=O)c1ccc(NC(C)=O)o1. The fraction of sp³-hybridized carbons (Fsp3) is 0.455. The first-order chi connectivity index (χ1) is 7.52. The number of amides is 2. The van der Waals surface area contributed by atoms with Crippen molar-refractivity contribution in [1.29, 1.82) is 0 Å². The highest BCUT2D eigenvalue weighted by Gasteiger charge is 2.13. The Morgan fingerprint density at radius 3 is 2.69 bits per heavy atom. The van der Waals surface area contributed by atoms with E-state index in [0.29, 0.717) is 0 Å². The maximum atomic E-state index is 11.6. The van der Waals surface area contributed by atoms with Crippen molar-refractivity contribution in [2.75, 3.05) is 5.32 Å². The molecule has 1 rings (SSSR count).